The van der Waals surface area contributed by atoms with E-state index in [1.165, 1.54) is 0 Å². The summed E-state index contributed by atoms with van der Waals surface area (Å²) in [6, 6.07) is 3.70. The molecule has 0 N–H and O–H groups in total. The quantitative estimate of drug-likeness (QED) is 0.637. The van der Waals surface area contributed by atoms with Crippen molar-refractivity contribution < 1.29 is 0 Å². The van der Waals surface area contributed by atoms with Crippen LogP contribution < -0.4 is 0 Å². The van der Waals surface area contributed by atoms with Gasteiger partial charge < -0.3 is 0 Å². The molecular weight excluding hydrogens is 227 g/mol. The molecule has 2 aromatic heterocycles. The zero-order valence-corrected chi connectivity index (χ0v) is 7.80. The lowest BCUT2D eigenvalue weighted by Gasteiger charge is -1.97. The minimum Gasteiger partial charge on any atom is -0.289 e. The predicted molar refractivity (Wildman–Crippen MR) is 47.9 cm³/mol. The summed E-state index contributed by atoms with van der Waals surface area (Å²) in [6.45, 7) is 0. The second-order valence-corrected chi connectivity index (χ2v) is 3.37. The van der Waals surface area contributed by atoms with E-state index >= 15 is 0 Å². The SMILES string of the molecule is Clc1ccc(Br)c2nccn12. The molecule has 0 fully saturated rings. The zero-order chi connectivity index (χ0) is 7.84. The van der Waals surface area contributed by atoms with Crippen molar-refractivity contribution in [3.05, 3.63) is 34.2 Å². The number of aromatic nitrogens is 2. The highest BCUT2D eigenvalue weighted by atomic mass is 79.9. The Hall–Kier alpha value is -0.540. The van der Waals surface area contributed by atoms with Crippen LogP contribution in [0.15, 0.2) is 29.0 Å². The smallest absolute Gasteiger partial charge is 0.152 e. The number of halogens is 2. The fourth-order valence-corrected chi connectivity index (χ4v) is 1.57. The van der Waals surface area contributed by atoms with E-state index in [4.69, 9.17) is 11.6 Å². The Balaban J connectivity index is 2.96. The third kappa shape index (κ3) is 1.04. The fraction of sp³-hybridized carbons (Fsp3) is 0. The summed E-state index contributed by atoms with van der Waals surface area (Å²) in [6.07, 6.45) is 3.54. The van der Waals surface area contributed by atoms with Crippen molar-refractivity contribution in [2.75, 3.05) is 0 Å². The molecule has 0 bridgehead atoms. The van der Waals surface area contributed by atoms with E-state index < -0.39 is 0 Å². The molecule has 0 aliphatic carbocycles. The summed E-state index contributed by atoms with van der Waals surface area (Å²) in [5.74, 6) is 0. The van der Waals surface area contributed by atoms with Gasteiger partial charge >= 0.3 is 0 Å². The maximum absolute atomic E-state index is 5.87. The first-order valence-electron chi connectivity index (χ1n) is 3.06. The molecule has 2 nitrogen and oxygen atoms in total. The monoisotopic (exact) mass is 230 g/mol. The number of nitrogens with zero attached hydrogens (tertiary/aromatic N) is 2. The summed E-state index contributed by atoms with van der Waals surface area (Å²) in [7, 11) is 0. The average molecular weight is 231 g/mol. The molecule has 4 heteroatoms. The average Bonchev–Trinajstić information content (AvgIpc) is 2.45. The van der Waals surface area contributed by atoms with E-state index in [-0.39, 0.29) is 0 Å². The Kier molecular flexibility index (Phi) is 1.62. The summed E-state index contributed by atoms with van der Waals surface area (Å²) >= 11 is 9.24. The number of pyridine rings is 1. The van der Waals surface area contributed by atoms with Crippen LogP contribution in [-0.4, -0.2) is 9.38 Å². The van der Waals surface area contributed by atoms with E-state index in [0.29, 0.717) is 5.15 Å². The number of fused-ring (bicyclic) bond motifs is 1. The van der Waals surface area contributed by atoms with Crippen molar-refractivity contribution in [3.8, 4) is 0 Å². The van der Waals surface area contributed by atoms with E-state index in [1.807, 2.05) is 22.7 Å². The Morgan fingerprint density at radius 1 is 1.45 bits per heavy atom. The molecule has 11 heavy (non-hydrogen) atoms. The molecule has 0 atom stereocenters. The lowest BCUT2D eigenvalue weighted by molar-refractivity contribution is 1.18. The van der Waals surface area contributed by atoms with Crippen LogP contribution in [0.25, 0.3) is 5.65 Å². The minimum absolute atomic E-state index is 0.667. The molecule has 0 unspecified atom stereocenters. The zero-order valence-electron chi connectivity index (χ0n) is 5.46. The van der Waals surface area contributed by atoms with Crippen molar-refractivity contribution in [3.63, 3.8) is 0 Å². The van der Waals surface area contributed by atoms with E-state index in [0.717, 1.165) is 10.1 Å². The summed E-state index contributed by atoms with van der Waals surface area (Å²) in [4.78, 5) is 4.11. The molecule has 0 spiro atoms. The van der Waals surface area contributed by atoms with Crippen LogP contribution in [0.4, 0.5) is 0 Å². The number of imidazole rings is 1. The minimum atomic E-state index is 0.667. The Bertz CT molecular complexity index is 360. The van der Waals surface area contributed by atoms with Gasteiger partial charge in [0, 0.05) is 12.4 Å². The lowest BCUT2D eigenvalue weighted by atomic mass is 10.5. The van der Waals surface area contributed by atoms with E-state index in [1.54, 1.807) is 6.20 Å². The van der Waals surface area contributed by atoms with Crippen molar-refractivity contribution in [1.29, 1.82) is 0 Å². The molecule has 2 heterocycles. The first-order valence-corrected chi connectivity index (χ1v) is 4.23. The maximum Gasteiger partial charge on any atom is 0.152 e. The van der Waals surface area contributed by atoms with Gasteiger partial charge in [0.25, 0.3) is 0 Å². The van der Waals surface area contributed by atoms with Gasteiger partial charge in [-0.15, -0.1) is 0 Å². The van der Waals surface area contributed by atoms with Crippen LogP contribution in [-0.2, 0) is 0 Å². The predicted octanol–water partition coefficient (Wildman–Crippen LogP) is 2.75. The van der Waals surface area contributed by atoms with Gasteiger partial charge in [0.15, 0.2) is 5.65 Å². The second-order valence-electron chi connectivity index (χ2n) is 2.12. The number of hydrogen-bond acceptors (Lipinski definition) is 1. The molecule has 0 radical (unpaired) electrons. The highest BCUT2D eigenvalue weighted by Gasteiger charge is 2.00. The van der Waals surface area contributed by atoms with Crippen LogP contribution in [0, 0.1) is 0 Å². The van der Waals surface area contributed by atoms with Gasteiger partial charge in [-0.1, -0.05) is 11.6 Å². The highest BCUT2D eigenvalue weighted by Crippen LogP contribution is 2.20. The van der Waals surface area contributed by atoms with Crippen LogP contribution in [0.1, 0.15) is 0 Å². The normalized spacial score (nSPS) is 10.7. The van der Waals surface area contributed by atoms with Crippen molar-refractivity contribution in [2.45, 2.75) is 0 Å². The highest BCUT2D eigenvalue weighted by molar-refractivity contribution is 9.10. The largest absolute Gasteiger partial charge is 0.289 e. The first kappa shape index (κ1) is 7.13. The molecule has 0 amide bonds. The third-order valence-corrected chi connectivity index (χ3v) is 2.38. The molecule has 0 aliphatic heterocycles. The fourth-order valence-electron chi connectivity index (χ4n) is 0.949. The van der Waals surface area contributed by atoms with Gasteiger partial charge in [-0.25, -0.2) is 4.98 Å². The lowest BCUT2D eigenvalue weighted by Crippen LogP contribution is -1.84. The molecule has 0 aliphatic rings. The summed E-state index contributed by atoms with van der Waals surface area (Å²) in [5, 5.41) is 0.667. The van der Waals surface area contributed by atoms with Gasteiger partial charge in [0.2, 0.25) is 0 Å². The van der Waals surface area contributed by atoms with Crippen molar-refractivity contribution in [1.82, 2.24) is 9.38 Å². The second kappa shape index (κ2) is 2.50. The van der Waals surface area contributed by atoms with Crippen molar-refractivity contribution >= 4 is 33.2 Å². The van der Waals surface area contributed by atoms with Crippen LogP contribution in [0.5, 0.6) is 0 Å². The molecule has 0 aromatic carbocycles. The third-order valence-electron chi connectivity index (χ3n) is 1.45. The first-order chi connectivity index (χ1) is 5.29. The van der Waals surface area contributed by atoms with Gasteiger partial charge in [-0.05, 0) is 28.1 Å². The van der Waals surface area contributed by atoms with Gasteiger partial charge in [0.05, 0.1) is 4.47 Å². The van der Waals surface area contributed by atoms with E-state index in [9.17, 15) is 0 Å². The summed E-state index contributed by atoms with van der Waals surface area (Å²) < 4.78 is 2.76. The Morgan fingerprint density at radius 2 is 2.27 bits per heavy atom. The molecule has 0 saturated carbocycles. The van der Waals surface area contributed by atoms with Crippen LogP contribution in [0.2, 0.25) is 5.15 Å². The van der Waals surface area contributed by atoms with Crippen molar-refractivity contribution in [2.24, 2.45) is 0 Å². The van der Waals surface area contributed by atoms with Crippen LogP contribution in [0.3, 0.4) is 0 Å². The standard InChI is InChI=1S/C7H4BrClN2/c8-5-1-2-6(9)11-4-3-10-7(5)11/h1-4H. The number of hydrogen-bond donors (Lipinski definition) is 0. The van der Waals surface area contributed by atoms with Gasteiger partial charge in [-0.2, -0.15) is 0 Å². The molecule has 0 saturated heterocycles. The Morgan fingerprint density at radius 3 is 3.00 bits per heavy atom. The van der Waals surface area contributed by atoms with Crippen LogP contribution >= 0.6 is 27.5 Å². The topological polar surface area (TPSA) is 17.3 Å². The number of rotatable bonds is 0. The maximum atomic E-state index is 5.87. The summed E-state index contributed by atoms with van der Waals surface area (Å²) in [5.41, 5.74) is 0.845. The van der Waals surface area contributed by atoms with Gasteiger partial charge in [-0.3, -0.25) is 4.40 Å². The Labute approximate surface area is 76.9 Å². The van der Waals surface area contributed by atoms with E-state index in [2.05, 4.69) is 20.9 Å². The molecule has 2 rings (SSSR count). The molecular formula is C7H4BrClN2. The van der Waals surface area contributed by atoms with Gasteiger partial charge in [0.1, 0.15) is 5.15 Å². The molecule has 2 aromatic rings. The molecule has 56 valence electrons.